The van der Waals surface area contributed by atoms with Crippen molar-refractivity contribution in [3.63, 3.8) is 0 Å². The summed E-state index contributed by atoms with van der Waals surface area (Å²) in [7, 11) is 0. The van der Waals surface area contributed by atoms with Gasteiger partial charge in [-0.2, -0.15) is 5.26 Å². The summed E-state index contributed by atoms with van der Waals surface area (Å²) in [6, 6.07) is 27.6. The molecule has 0 unspecified atom stereocenters. The molecule has 0 spiro atoms. The zero-order valence-electron chi connectivity index (χ0n) is 24.2. The molecule has 1 saturated heterocycles. The molecule has 5 rings (SSSR count). The van der Waals surface area contributed by atoms with E-state index in [0.717, 1.165) is 36.5 Å². The minimum atomic E-state index is -0.208. The second-order valence-corrected chi connectivity index (χ2v) is 11.6. The number of likely N-dealkylation sites (tertiary alicyclic amines) is 1. The fourth-order valence-electron chi connectivity index (χ4n) is 5.41. The highest BCUT2D eigenvalue weighted by atomic mass is 35.5. The number of benzene rings is 3. The Bertz CT molecular complexity index is 1530. The number of nitrogens with zero attached hydrogens (tertiary/aromatic N) is 2. The van der Waals surface area contributed by atoms with E-state index in [2.05, 4.69) is 59.7 Å². The Hall–Kier alpha value is -3.89. The highest BCUT2D eigenvalue weighted by Gasteiger charge is 2.22. The van der Waals surface area contributed by atoms with E-state index in [-0.39, 0.29) is 18.0 Å². The van der Waals surface area contributed by atoms with Gasteiger partial charge in [-0.1, -0.05) is 53.6 Å². The summed E-state index contributed by atoms with van der Waals surface area (Å²) < 4.78 is 6.15. The number of nitrogens with one attached hydrogen (secondary N) is 2. The molecule has 0 bridgehead atoms. The third-order valence-corrected chi connectivity index (χ3v) is 8.22. The standard InChI is InChI=1S/C35H37ClN4O2/c1-24-5-11-28(12-6-24)25(2)38-22-31-14-16-34(42-31)29-13-15-33(36)32(20-29)35(41)39-30(23-40-17-3-4-18-40)19-26-7-9-27(21-37)10-8-26/h5-16,20,25,30,38H,3-4,17-19,22-23H2,1-2H3,(H,39,41)/t25-,30-/m1/s1. The lowest BCUT2D eigenvalue weighted by atomic mass is 10.0. The van der Waals surface area contributed by atoms with Crippen LogP contribution >= 0.6 is 11.6 Å². The van der Waals surface area contributed by atoms with Crippen LogP contribution < -0.4 is 10.6 Å². The number of rotatable bonds is 11. The van der Waals surface area contributed by atoms with Gasteiger partial charge in [-0.05, 0) is 99.8 Å². The van der Waals surface area contributed by atoms with Gasteiger partial charge in [0.1, 0.15) is 11.5 Å². The maximum Gasteiger partial charge on any atom is 0.253 e. The van der Waals surface area contributed by atoms with Crippen LogP contribution in [-0.2, 0) is 13.0 Å². The highest BCUT2D eigenvalue weighted by Crippen LogP contribution is 2.28. The number of carbonyl (C=O) groups excluding carboxylic acids is 1. The van der Waals surface area contributed by atoms with Gasteiger partial charge in [0.05, 0.1) is 28.8 Å². The number of carbonyl (C=O) groups is 1. The maximum atomic E-state index is 13.6. The maximum absolute atomic E-state index is 13.6. The monoisotopic (exact) mass is 580 g/mol. The predicted molar refractivity (Wildman–Crippen MR) is 167 cm³/mol. The van der Waals surface area contributed by atoms with Gasteiger partial charge in [-0.25, -0.2) is 0 Å². The molecule has 1 aromatic heterocycles. The van der Waals surface area contributed by atoms with Crippen LogP contribution in [0.3, 0.4) is 0 Å². The van der Waals surface area contributed by atoms with Crippen molar-refractivity contribution in [1.29, 1.82) is 5.26 Å². The Labute approximate surface area is 253 Å². The van der Waals surface area contributed by atoms with Gasteiger partial charge < -0.3 is 20.0 Å². The molecule has 1 amide bonds. The van der Waals surface area contributed by atoms with Crippen LogP contribution in [0.5, 0.6) is 0 Å². The minimum Gasteiger partial charge on any atom is -0.460 e. The van der Waals surface area contributed by atoms with E-state index in [1.54, 1.807) is 12.1 Å². The molecule has 2 heterocycles. The lowest BCUT2D eigenvalue weighted by molar-refractivity contribution is 0.0927. The molecule has 1 aliphatic rings. The average Bonchev–Trinajstić information content (AvgIpc) is 3.69. The molecule has 1 fully saturated rings. The molecule has 0 aliphatic carbocycles. The molecule has 0 saturated carbocycles. The normalized spacial score (nSPS) is 14.8. The smallest absolute Gasteiger partial charge is 0.253 e. The lowest BCUT2D eigenvalue weighted by Crippen LogP contribution is -2.44. The van der Waals surface area contributed by atoms with Crippen molar-refractivity contribution in [1.82, 2.24) is 15.5 Å². The Kier molecular flexibility index (Phi) is 9.76. The summed E-state index contributed by atoms with van der Waals surface area (Å²) in [6.45, 7) is 7.65. The molecule has 2 N–H and O–H groups in total. The van der Waals surface area contributed by atoms with Gasteiger partial charge in [-0.15, -0.1) is 0 Å². The number of halogens is 1. The Morgan fingerprint density at radius 3 is 2.48 bits per heavy atom. The first-order valence-corrected chi connectivity index (χ1v) is 15.0. The Morgan fingerprint density at radius 2 is 1.76 bits per heavy atom. The number of hydrogen-bond acceptors (Lipinski definition) is 5. The molecule has 2 atom stereocenters. The largest absolute Gasteiger partial charge is 0.460 e. The third-order valence-electron chi connectivity index (χ3n) is 7.89. The van der Waals surface area contributed by atoms with Crippen LogP contribution in [-0.4, -0.2) is 36.5 Å². The highest BCUT2D eigenvalue weighted by molar-refractivity contribution is 6.34. The number of nitriles is 1. The number of hydrogen-bond donors (Lipinski definition) is 2. The Balaban J connectivity index is 1.26. The molecule has 42 heavy (non-hydrogen) atoms. The van der Waals surface area contributed by atoms with Crippen LogP contribution in [0.2, 0.25) is 5.02 Å². The van der Waals surface area contributed by atoms with Crippen molar-refractivity contribution in [2.45, 2.75) is 51.7 Å². The molecule has 1 aliphatic heterocycles. The van der Waals surface area contributed by atoms with E-state index in [4.69, 9.17) is 21.3 Å². The van der Waals surface area contributed by atoms with Crippen molar-refractivity contribution in [3.05, 3.63) is 117 Å². The van der Waals surface area contributed by atoms with Crippen LogP contribution in [0, 0.1) is 18.3 Å². The molecule has 216 valence electrons. The van der Waals surface area contributed by atoms with Gasteiger partial charge in [0, 0.05) is 24.2 Å². The SMILES string of the molecule is Cc1ccc([C@@H](C)NCc2ccc(-c3ccc(Cl)c(C(=O)N[C@H](Cc4ccc(C#N)cc4)CN4CCCC4)c3)o2)cc1. The predicted octanol–water partition coefficient (Wildman–Crippen LogP) is 7.07. The quantitative estimate of drug-likeness (QED) is 0.198. The molecule has 3 aromatic carbocycles. The first-order valence-electron chi connectivity index (χ1n) is 14.6. The number of furan rings is 1. The van der Waals surface area contributed by atoms with Crippen LogP contribution in [0.15, 0.2) is 83.3 Å². The third kappa shape index (κ3) is 7.68. The van der Waals surface area contributed by atoms with Gasteiger partial charge in [0.25, 0.3) is 5.91 Å². The van der Waals surface area contributed by atoms with Crippen molar-refractivity contribution in [3.8, 4) is 17.4 Å². The van der Waals surface area contributed by atoms with Crippen molar-refractivity contribution in [2.24, 2.45) is 0 Å². The van der Waals surface area contributed by atoms with E-state index < -0.39 is 0 Å². The second kappa shape index (κ2) is 13.8. The molecule has 6 nitrogen and oxygen atoms in total. The zero-order valence-corrected chi connectivity index (χ0v) is 25.0. The topological polar surface area (TPSA) is 81.3 Å². The fraction of sp³-hybridized carbons (Fsp3) is 0.314. The van der Waals surface area contributed by atoms with E-state index in [9.17, 15) is 4.79 Å². The van der Waals surface area contributed by atoms with Gasteiger partial charge in [0.15, 0.2) is 0 Å². The molecular formula is C35H37ClN4O2. The summed E-state index contributed by atoms with van der Waals surface area (Å²) in [5.41, 5.74) is 5.39. The Morgan fingerprint density at radius 1 is 1.02 bits per heavy atom. The first-order chi connectivity index (χ1) is 20.4. The van der Waals surface area contributed by atoms with Crippen LogP contribution in [0.4, 0.5) is 0 Å². The summed E-state index contributed by atoms with van der Waals surface area (Å²) in [6.07, 6.45) is 3.02. The molecule has 7 heteroatoms. The fourth-order valence-corrected chi connectivity index (χ4v) is 5.61. The van der Waals surface area contributed by atoms with Crippen molar-refractivity contribution < 1.29 is 9.21 Å². The second-order valence-electron chi connectivity index (χ2n) is 11.2. The molecular weight excluding hydrogens is 544 g/mol. The lowest BCUT2D eigenvalue weighted by Gasteiger charge is -2.25. The molecule has 4 aromatic rings. The van der Waals surface area contributed by atoms with E-state index in [0.29, 0.717) is 34.9 Å². The van der Waals surface area contributed by atoms with Crippen molar-refractivity contribution >= 4 is 17.5 Å². The first kappa shape index (κ1) is 29.6. The minimum absolute atomic E-state index is 0.0972. The summed E-state index contributed by atoms with van der Waals surface area (Å²) in [5, 5.41) is 16.3. The van der Waals surface area contributed by atoms with Crippen LogP contribution in [0.25, 0.3) is 11.3 Å². The summed E-state index contributed by atoms with van der Waals surface area (Å²) in [4.78, 5) is 16.0. The number of aryl methyl sites for hydroxylation is 1. The van der Waals surface area contributed by atoms with E-state index in [1.165, 1.54) is 24.0 Å². The van der Waals surface area contributed by atoms with Gasteiger partial charge in [0.2, 0.25) is 0 Å². The number of amides is 1. The van der Waals surface area contributed by atoms with E-state index >= 15 is 0 Å². The van der Waals surface area contributed by atoms with Gasteiger partial charge >= 0.3 is 0 Å². The average molecular weight is 581 g/mol. The van der Waals surface area contributed by atoms with E-state index in [1.807, 2.05) is 42.5 Å². The van der Waals surface area contributed by atoms with Crippen LogP contribution in [0.1, 0.15) is 64.2 Å². The van der Waals surface area contributed by atoms with Crippen molar-refractivity contribution in [2.75, 3.05) is 19.6 Å². The zero-order chi connectivity index (χ0) is 29.5. The molecule has 0 radical (unpaired) electrons. The summed E-state index contributed by atoms with van der Waals surface area (Å²) >= 11 is 6.54. The summed E-state index contributed by atoms with van der Waals surface area (Å²) in [5.74, 6) is 1.30. The van der Waals surface area contributed by atoms with Gasteiger partial charge in [-0.3, -0.25) is 4.79 Å².